The van der Waals surface area contributed by atoms with Crippen LogP contribution < -0.4 is 9.64 Å². The van der Waals surface area contributed by atoms with E-state index in [9.17, 15) is 24.3 Å². The minimum atomic E-state index is -1.90. The van der Waals surface area contributed by atoms with E-state index in [4.69, 9.17) is 39.5 Å². The Kier molecular flexibility index (Phi) is 5.85. The van der Waals surface area contributed by atoms with Gasteiger partial charge >= 0.3 is 0 Å². The number of phenolic OH excluding ortho intramolecular Hbond substituents is 1. The molecule has 1 saturated carbocycles. The first-order chi connectivity index (χ1) is 18.5. The van der Waals surface area contributed by atoms with E-state index in [0.29, 0.717) is 21.8 Å². The molecule has 0 unspecified atom stereocenters. The molecule has 0 bridgehead atoms. The van der Waals surface area contributed by atoms with E-state index < -0.39 is 51.1 Å². The number of allylic oxidation sites excluding steroid dienone is 2. The Morgan fingerprint density at radius 1 is 0.974 bits per heavy atom. The maximum atomic E-state index is 13.9. The van der Waals surface area contributed by atoms with Crippen molar-refractivity contribution in [3.63, 3.8) is 0 Å². The lowest BCUT2D eigenvalue weighted by atomic mass is 9.56. The second kappa shape index (κ2) is 8.71. The number of carbonyl (C=O) groups is 4. The zero-order valence-electron chi connectivity index (χ0n) is 20.9. The number of aromatic hydroxyl groups is 1. The third-order valence-electron chi connectivity index (χ3n) is 8.64. The van der Waals surface area contributed by atoms with Gasteiger partial charge in [0.1, 0.15) is 0 Å². The van der Waals surface area contributed by atoms with Crippen LogP contribution in [0.25, 0.3) is 0 Å². The smallest absolute Gasteiger partial charge is 0.253 e. The number of carbonyl (C=O) groups excluding carboxylic acids is 4. The summed E-state index contributed by atoms with van der Waals surface area (Å²) in [5, 5.41) is 10.7. The van der Waals surface area contributed by atoms with Crippen LogP contribution in [0.3, 0.4) is 0 Å². The molecule has 2 aliphatic carbocycles. The summed E-state index contributed by atoms with van der Waals surface area (Å²) in [4.78, 5) is 52.9. The van der Waals surface area contributed by atoms with E-state index in [1.807, 2.05) is 6.08 Å². The molecule has 6 rings (SSSR count). The van der Waals surface area contributed by atoms with Crippen molar-refractivity contribution < 1.29 is 29.0 Å². The Labute approximate surface area is 239 Å². The molecular weight excluding hydrogens is 567 g/mol. The standard InChI is InChI=1S/C28H23Cl3N2O6/c1-32-25(37)27(30)12-18-16(22(28(27,31)26(32)38)13-3-10-19(34)20(11-13)39-2)8-9-17-21(18)24(36)33(23(17)35)15-6-4-14(29)5-7-15/h3-8,10-11,17-18,21-22,34H,9,12H2,1-2H3/t17-,18+,21-,22-,27+,28-/m0/s1. The number of amides is 4. The first-order valence-electron chi connectivity index (χ1n) is 12.4. The summed E-state index contributed by atoms with van der Waals surface area (Å²) < 4.78 is 5.30. The number of benzene rings is 2. The maximum Gasteiger partial charge on any atom is 0.253 e. The largest absolute Gasteiger partial charge is 0.504 e. The van der Waals surface area contributed by atoms with E-state index in [1.165, 1.54) is 20.2 Å². The number of hydrogen-bond donors (Lipinski definition) is 1. The highest BCUT2D eigenvalue weighted by Crippen LogP contribution is 2.65. The Hall–Kier alpha value is -3.07. The fraction of sp³-hybridized carbons (Fsp3) is 0.357. The number of halogens is 3. The molecule has 4 amide bonds. The molecule has 2 aromatic rings. The molecule has 2 heterocycles. The number of fused-ring (bicyclic) bond motifs is 4. The van der Waals surface area contributed by atoms with Gasteiger partial charge in [-0.05, 0) is 60.7 Å². The van der Waals surface area contributed by atoms with Crippen LogP contribution in [0.4, 0.5) is 5.69 Å². The lowest BCUT2D eigenvalue weighted by molar-refractivity contribution is -0.138. The highest BCUT2D eigenvalue weighted by atomic mass is 35.5. The van der Waals surface area contributed by atoms with Crippen molar-refractivity contribution in [2.24, 2.45) is 17.8 Å². The minimum Gasteiger partial charge on any atom is -0.504 e. The molecule has 39 heavy (non-hydrogen) atoms. The molecule has 1 N–H and O–H groups in total. The Morgan fingerprint density at radius 2 is 1.67 bits per heavy atom. The lowest BCUT2D eigenvalue weighted by Crippen LogP contribution is -2.60. The lowest BCUT2D eigenvalue weighted by Gasteiger charge is -2.50. The number of nitrogens with zero attached hydrogens (tertiary/aromatic N) is 2. The number of imide groups is 2. The second-order valence-corrected chi connectivity index (χ2v) is 12.1. The zero-order valence-corrected chi connectivity index (χ0v) is 23.1. The van der Waals surface area contributed by atoms with Gasteiger partial charge in [-0.1, -0.05) is 29.3 Å². The molecule has 4 aliphatic rings. The minimum absolute atomic E-state index is 0.0981. The monoisotopic (exact) mass is 588 g/mol. The normalized spacial score (nSPS) is 33.6. The van der Waals surface area contributed by atoms with Gasteiger partial charge in [0, 0.05) is 18.0 Å². The highest BCUT2D eigenvalue weighted by Gasteiger charge is 2.75. The zero-order chi connectivity index (χ0) is 28.0. The van der Waals surface area contributed by atoms with Crippen molar-refractivity contribution in [1.82, 2.24) is 4.90 Å². The molecule has 11 heteroatoms. The number of alkyl halides is 2. The van der Waals surface area contributed by atoms with Gasteiger partial charge < -0.3 is 9.84 Å². The molecule has 8 nitrogen and oxygen atoms in total. The Bertz CT molecular complexity index is 1490. The van der Waals surface area contributed by atoms with E-state index in [0.717, 1.165) is 9.80 Å². The van der Waals surface area contributed by atoms with Crippen LogP contribution in [0.2, 0.25) is 5.02 Å². The van der Waals surface area contributed by atoms with Gasteiger partial charge in [-0.15, -0.1) is 23.2 Å². The van der Waals surface area contributed by atoms with Crippen LogP contribution in [0.15, 0.2) is 54.1 Å². The van der Waals surface area contributed by atoms with Crippen molar-refractivity contribution in [3.8, 4) is 11.5 Å². The maximum absolute atomic E-state index is 13.9. The SMILES string of the molecule is COc1cc([C@H]2C3=CC[C@@H]4C(=O)N(c5ccc(Cl)cc5)C(=O)[C@@H]4[C@@H]3C[C@@]3(Cl)C(=O)N(C)C(=O)[C@@]23Cl)ccc1O. The molecule has 0 spiro atoms. The number of anilines is 1. The number of phenols is 1. The van der Waals surface area contributed by atoms with Gasteiger partial charge in [-0.25, -0.2) is 0 Å². The molecule has 2 aliphatic heterocycles. The number of hydrogen-bond acceptors (Lipinski definition) is 6. The van der Waals surface area contributed by atoms with Gasteiger partial charge in [-0.3, -0.25) is 29.0 Å². The average Bonchev–Trinajstić information content (AvgIpc) is 3.24. The Morgan fingerprint density at radius 3 is 2.33 bits per heavy atom. The van der Waals surface area contributed by atoms with E-state index >= 15 is 0 Å². The van der Waals surface area contributed by atoms with E-state index in [2.05, 4.69) is 0 Å². The number of rotatable bonds is 3. The summed E-state index contributed by atoms with van der Waals surface area (Å²) >= 11 is 20.3. The van der Waals surface area contributed by atoms with Crippen LogP contribution >= 0.6 is 34.8 Å². The second-order valence-electron chi connectivity index (χ2n) is 10.4. The third-order valence-corrected chi connectivity index (χ3v) is 10.3. The van der Waals surface area contributed by atoms with Gasteiger partial charge in [0.2, 0.25) is 11.8 Å². The van der Waals surface area contributed by atoms with Gasteiger partial charge in [0.05, 0.1) is 24.6 Å². The van der Waals surface area contributed by atoms with E-state index in [1.54, 1.807) is 36.4 Å². The van der Waals surface area contributed by atoms with Crippen LogP contribution in [-0.2, 0) is 19.2 Å². The van der Waals surface area contributed by atoms with Crippen LogP contribution in [0.1, 0.15) is 24.3 Å². The summed E-state index contributed by atoms with van der Waals surface area (Å²) in [6, 6.07) is 11.0. The average molecular weight is 590 g/mol. The summed E-state index contributed by atoms with van der Waals surface area (Å²) in [5.41, 5.74) is 1.55. The molecule has 202 valence electrons. The third kappa shape index (κ3) is 3.31. The number of ether oxygens (including phenoxy) is 1. The van der Waals surface area contributed by atoms with Crippen molar-refractivity contribution in [2.45, 2.75) is 28.5 Å². The summed E-state index contributed by atoms with van der Waals surface area (Å²) in [5.74, 6) is -5.07. The van der Waals surface area contributed by atoms with E-state index in [-0.39, 0.29) is 30.2 Å². The fourth-order valence-corrected chi connectivity index (χ4v) is 7.98. The topological polar surface area (TPSA) is 104 Å². The molecule has 6 atom stereocenters. The number of likely N-dealkylation sites (tertiary alicyclic amines) is 1. The predicted molar refractivity (Wildman–Crippen MR) is 144 cm³/mol. The van der Waals surface area contributed by atoms with Crippen molar-refractivity contribution in [3.05, 3.63) is 64.7 Å². The van der Waals surface area contributed by atoms with Crippen LogP contribution in [-0.4, -0.2) is 57.5 Å². The molecular formula is C28H23Cl3N2O6. The highest BCUT2D eigenvalue weighted by molar-refractivity contribution is 6.53. The fourth-order valence-electron chi connectivity index (χ4n) is 6.84. The molecule has 2 saturated heterocycles. The van der Waals surface area contributed by atoms with Crippen LogP contribution in [0, 0.1) is 17.8 Å². The van der Waals surface area contributed by atoms with Crippen LogP contribution in [0.5, 0.6) is 11.5 Å². The van der Waals surface area contributed by atoms with Crippen molar-refractivity contribution in [2.75, 3.05) is 19.1 Å². The molecule has 3 fully saturated rings. The first-order valence-corrected chi connectivity index (χ1v) is 13.5. The summed E-state index contributed by atoms with van der Waals surface area (Å²) in [7, 11) is 2.72. The molecule has 0 aromatic heterocycles. The molecule has 0 radical (unpaired) electrons. The van der Waals surface area contributed by atoms with Gasteiger partial charge in [0.25, 0.3) is 11.8 Å². The summed E-state index contributed by atoms with van der Waals surface area (Å²) in [6.45, 7) is 0. The van der Waals surface area contributed by atoms with Gasteiger partial charge in [0.15, 0.2) is 21.2 Å². The number of methoxy groups -OCH3 is 1. The Balaban J connectivity index is 1.52. The van der Waals surface area contributed by atoms with Crippen molar-refractivity contribution >= 4 is 64.1 Å². The van der Waals surface area contributed by atoms with Crippen molar-refractivity contribution in [1.29, 1.82) is 0 Å². The van der Waals surface area contributed by atoms with Gasteiger partial charge in [-0.2, -0.15) is 0 Å². The summed E-state index contributed by atoms with van der Waals surface area (Å²) in [6.07, 6.45) is 2.00. The molecule has 2 aromatic carbocycles. The first kappa shape index (κ1) is 26.2. The predicted octanol–water partition coefficient (Wildman–Crippen LogP) is 4.25. The quantitative estimate of drug-likeness (QED) is 0.326.